The summed E-state index contributed by atoms with van der Waals surface area (Å²) in [4.78, 5) is 0. The molecule has 0 fully saturated rings. The Kier molecular flexibility index (Phi) is 4.49. The lowest BCUT2D eigenvalue weighted by Crippen LogP contribution is -2.32. The van der Waals surface area contributed by atoms with Gasteiger partial charge in [0.25, 0.3) is 0 Å². The Balaban J connectivity index is 4.86. The molecule has 0 radical (unpaired) electrons. The van der Waals surface area contributed by atoms with Gasteiger partial charge < -0.3 is 0 Å². The van der Waals surface area contributed by atoms with Gasteiger partial charge in [-0.3, -0.25) is 0 Å². The van der Waals surface area contributed by atoms with Crippen LogP contribution in [-0.4, -0.2) is 45.8 Å². The Morgan fingerprint density at radius 2 is 0.882 bits per heavy atom. The summed E-state index contributed by atoms with van der Waals surface area (Å²) in [5.74, 6) is -4.95. The topological polar surface area (TPSA) is 68.3 Å². The second-order valence-electron chi connectivity index (χ2n) is 3.12. The molecule has 4 nitrogen and oxygen atoms in total. The zero-order valence-corrected chi connectivity index (χ0v) is 9.47. The average molecular weight is 308 g/mol. The summed E-state index contributed by atoms with van der Waals surface area (Å²) in [6.07, 6.45) is -10.4. The molecule has 0 aromatic carbocycles. The van der Waals surface area contributed by atoms with E-state index in [-0.39, 0.29) is 0 Å². The predicted molar refractivity (Wildman–Crippen MR) is 44.6 cm³/mol. The quantitative estimate of drug-likeness (QED) is 0.724. The van der Waals surface area contributed by atoms with Crippen molar-refractivity contribution < 1.29 is 43.2 Å². The van der Waals surface area contributed by atoms with Crippen LogP contribution in [0.2, 0.25) is 0 Å². The fraction of sp³-hybridized carbons (Fsp3) is 1.00. The molecule has 0 saturated heterocycles. The third kappa shape index (κ3) is 9.21. The van der Waals surface area contributed by atoms with E-state index in [1.807, 2.05) is 0 Å². The highest BCUT2D eigenvalue weighted by atomic mass is 32.3. The van der Waals surface area contributed by atoms with Gasteiger partial charge in [0.1, 0.15) is 11.5 Å². The van der Waals surface area contributed by atoms with E-state index in [1.54, 1.807) is 0 Å². The largest absolute Gasteiger partial charge is 0.402 e. The van der Waals surface area contributed by atoms with Gasteiger partial charge in [-0.2, -0.15) is 26.3 Å². The molecule has 0 spiro atoms. The summed E-state index contributed by atoms with van der Waals surface area (Å²) in [7, 11) is -10.4. The third-order valence-electron chi connectivity index (χ3n) is 1.13. The lowest BCUT2D eigenvalue weighted by Gasteiger charge is -2.09. The number of hydrogen-bond acceptors (Lipinski definition) is 4. The van der Waals surface area contributed by atoms with Crippen molar-refractivity contribution in [2.45, 2.75) is 12.4 Å². The second-order valence-corrected chi connectivity index (χ2v) is 7.62. The van der Waals surface area contributed by atoms with Gasteiger partial charge in [-0.05, 0) is 0 Å². The van der Waals surface area contributed by atoms with Gasteiger partial charge >= 0.3 is 12.4 Å². The summed E-state index contributed by atoms with van der Waals surface area (Å²) in [6, 6.07) is 0. The molecule has 12 heteroatoms. The van der Waals surface area contributed by atoms with Crippen molar-refractivity contribution in [2.75, 3.05) is 16.6 Å². The number of halogens is 6. The maximum Gasteiger partial charge on any atom is 0.402 e. The van der Waals surface area contributed by atoms with Gasteiger partial charge in [0, 0.05) is 0 Å². The zero-order valence-electron chi connectivity index (χ0n) is 7.84. The van der Waals surface area contributed by atoms with Crippen molar-refractivity contribution in [1.82, 2.24) is 0 Å². The molecule has 0 aromatic heterocycles. The van der Waals surface area contributed by atoms with E-state index >= 15 is 0 Å². The van der Waals surface area contributed by atoms with Crippen LogP contribution in [0.1, 0.15) is 0 Å². The van der Waals surface area contributed by atoms with Crippen LogP contribution in [0.3, 0.4) is 0 Å². The van der Waals surface area contributed by atoms with Crippen molar-refractivity contribution in [3.05, 3.63) is 0 Å². The summed E-state index contributed by atoms with van der Waals surface area (Å²) in [5.41, 5.74) is 0. The van der Waals surface area contributed by atoms with Crippen LogP contribution in [0.4, 0.5) is 26.3 Å². The van der Waals surface area contributed by atoms with Crippen molar-refractivity contribution in [1.29, 1.82) is 0 Å². The molecule has 0 rings (SSSR count). The Labute approximate surface area is 92.4 Å². The Morgan fingerprint density at radius 1 is 0.647 bits per heavy atom. The molecular formula is C5H6F6O4S2. The number of sulfone groups is 2. The van der Waals surface area contributed by atoms with Crippen molar-refractivity contribution in [3.8, 4) is 0 Å². The first kappa shape index (κ1) is 16.5. The van der Waals surface area contributed by atoms with Gasteiger partial charge in [-0.25, -0.2) is 16.8 Å². The number of alkyl halides is 6. The minimum Gasteiger partial charge on any atom is -0.227 e. The van der Waals surface area contributed by atoms with Crippen LogP contribution >= 0.6 is 0 Å². The van der Waals surface area contributed by atoms with E-state index < -0.39 is 48.6 Å². The lowest BCUT2D eigenvalue weighted by atomic mass is 10.8. The Bertz CT molecular complexity index is 412. The van der Waals surface area contributed by atoms with Gasteiger partial charge in [-0.15, -0.1) is 0 Å². The highest BCUT2D eigenvalue weighted by molar-refractivity contribution is 8.08. The SMILES string of the molecule is O=S(=O)(CC(F)(F)F)CS(=O)(=O)CC(F)(F)F. The van der Waals surface area contributed by atoms with Crippen LogP contribution in [-0.2, 0) is 19.7 Å². The molecule has 0 heterocycles. The molecule has 0 atom stereocenters. The first-order valence-electron chi connectivity index (χ1n) is 3.66. The summed E-state index contributed by atoms with van der Waals surface area (Å²) in [5, 5.41) is -2.18. The van der Waals surface area contributed by atoms with Crippen LogP contribution in [0.15, 0.2) is 0 Å². The van der Waals surface area contributed by atoms with E-state index in [4.69, 9.17) is 0 Å². The van der Waals surface area contributed by atoms with Crippen LogP contribution < -0.4 is 0 Å². The van der Waals surface area contributed by atoms with Crippen molar-refractivity contribution >= 4 is 19.7 Å². The minimum absolute atomic E-state index is 2.18. The van der Waals surface area contributed by atoms with Gasteiger partial charge in [-0.1, -0.05) is 0 Å². The predicted octanol–water partition coefficient (Wildman–Crippen LogP) is 0.898. The highest BCUT2D eigenvalue weighted by Gasteiger charge is 2.41. The molecule has 104 valence electrons. The Hall–Kier alpha value is -0.520. The normalized spacial score (nSPS) is 14.9. The molecule has 0 aliphatic heterocycles. The Morgan fingerprint density at radius 3 is 1.06 bits per heavy atom. The molecule has 0 N–H and O–H groups in total. The van der Waals surface area contributed by atoms with E-state index in [2.05, 4.69) is 0 Å². The van der Waals surface area contributed by atoms with E-state index in [0.29, 0.717) is 0 Å². The van der Waals surface area contributed by atoms with Crippen LogP contribution in [0.25, 0.3) is 0 Å². The molecule has 0 amide bonds. The fourth-order valence-corrected chi connectivity index (χ4v) is 4.71. The molecule has 0 aromatic rings. The van der Waals surface area contributed by atoms with Crippen molar-refractivity contribution in [3.63, 3.8) is 0 Å². The first-order chi connectivity index (χ1) is 7.12. The summed E-state index contributed by atoms with van der Waals surface area (Å²) in [6.45, 7) is 0. The zero-order chi connectivity index (χ0) is 14.1. The first-order valence-corrected chi connectivity index (χ1v) is 7.31. The molecular weight excluding hydrogens is 302 g/mol. The second kappa shape index (κ2) is 4.63. The maximum absolute atomic E-state index is 11.7. The molecule has 0 bridgehead atoms. The standard InChI is InChI=1S/C5H6F6O4S2/c6-4(7,8)1-16(12,13)3-17(14,15)2-5(9,10)11/h1-3H2. The minimum atomic E-state index is -5.20. The van der Waals surface area contributed by atoms with E-state index in [1.165, 1.54) is 0 Å². The van der Waals surface area contributed by atoms with Crippen LogP contribution in [0, 0.1) is 0 Å². The molecule has 0 saturated carbocycles. The van der Waals surface area contributed by atoms with E-state index in [9.17, 15) is 43.2 Å². The lowest BCUT2D eigenvalue weighted by molar-refractivity contribution is -0.107. The molecule has 17 heavy (non-hydrogen) atoms. The fourth-order valence-electron chi connectivity index (χ4n) is 0.856. The summed E-state index contributed by atoms with van der Waals surface area (Å²) >= 11 is 0. The number of rotatable bonds is 4. The van der Waals surface area contributed by atoms with Gasteiger partial charge in [0.2, 0.25) is 0 Å². The third-order valence-corrected chi connectivity index (χ3v) is 5.53. The molecule has 0 aliphatic rings. The number of hydrogen-bond donors (Lipinski definition) is 0. The van der Waals surface area contributed by atoms with Crippen molar-refractivity contribution in [2.24, 2.45) is 0 Å². The van der Waals surface area contributed by atoms with Gasteiger partial charge in [0.05, 0.1) is 0 Å². The highest BCUT2D eigenvalue weighted by Crippen LogP contribution is 2.21. The van der Waals surface area contributed by atoms with E-state index in [0.717, 1.165) is 0 Å². The molecule has 0 aliphatic carbocycles. The monoisotopic (exact) mass is 308 g/mol. The van der Waals surface area contributed by atoms with Gasteiger partial charge in [0.15, 0.2) is 24.8 Å². The summed E-state index contributed by atoms with van der Waals surface area (Å²) < 4.78 is 113. The molecule has 0 unspecified atom stereocenters. The maximum atomic E-state index is 11.7. The smallest absolute Gasteiger partial charge is 0.227 e. The average Bonchev–Trinajstić information content (AvgIpc) is 1.65. The van der Waals surface area contributed by atoms with Crippen LogP contribution in [0.5, 0.6) is 0 Å².